The van der Waals surface area contributed by atoms with Crippen LogP contribution in [0.1, 0.15) is 5.69 Å². The Labute approximate surface area is 121 Å². The minimum Gasteiger partial charge on any atom is -0.390 e. The van der Waals surface area contributed by atoms with Crippen molar-refractivity contribution in [2.24, 2.45) is 4.99 Å². The zero-order valence-corrected chi connectivity index (χ0v) is 11.6. The van der Waals surface area contributed by atoms with Gasteiger partial charge in [0.05, 0.1) is 18.0 Å². The number of para-hydroxylation sites is 2. The molecule has 0 aliphatic heterocycles. The summed E-state index contributed by atoms with van der Waals surface area (Å²) >= 11 is 1.53. The summed E-state index contributed by atoms with van der Waals surface area (Å²) in [7, 11) is 0. The zero-order chi connectivity index (χ0) is 13.8. The van der Waals surface area contributed by atoms with Crippen LogP contribution in [0, 0.1) is 0 Å². The number of aromatic nitrogens is 1. The summed E-state index contributed by atoms with van der Waals surface area (Å²) in [5.74, 6) is 0. The maximum atomic E-state index is 9.50. The predicted octanol–water partition coefficient (Wildman–Crippen LogP) is 3.26. The second kappa shape index (κ2) is 5.86. The van der Waals surface area contributed by atoms with Crippen LogP contribution in [0.15, 0.2) is 71.0 Å². The van der Waals surface area contributed by atoms with Crippen molar-refractivity contribution in [1.29, 1.82) is 0 Å². The molecule has 0 atom stereocenters. The van der Waals surface area contributed by atoms with Crippen molar-refractivity contribution in [1.82, 2.24) is 4.57 Å². The molecule has 4 heteroatoms. The van der Waals surface area contributed by atoms with Gasteiger partial charge < -0.3 is 5.11 Å². The highest BCUT2D eigenvalue weighted by Crippen LogP contribution is 2.14. The van der Waals surface area contributed by atoms with Crippen LogP contribution in [0.5, 0.6) is 0 Å². The van der Waals surface area contributed by atoms with Crippen molar-refractivity contribution in [2.75, 3.05) is 0 Å². The summed E-state index contributed by atoms with van der Waals surface area (Å²) in [5, 5.41) is 11.4. The lowest BCUT2D eigenvalue weighted by molar-refractivity contribution is 0.274. The van der Waals surface area contributed by atoms with Gasteiger partial charge in [-0.15, -0.1) is 11.3 Å². The van der Waals surface area contributed by atoms with Gasteiger partial charge in [-0.25, -0.2) is 4.99 Å². The summed E-state index contributed by atoms with van der Waals surface area (Å²) in [6.07, 6.45) is 0. The molecule has 0 saturated carbocycles. The molecule has 0 amide bonds. The van der Waals surface area contributed by atoms with Crippen LogP contribution in [0.3, 0.4) is 0 Å². The molecule has 0 unspecified atom stereocenters. The topological polar surface area (TPSA) is 37.5 Å². The number of thiazole rings is 1. The highest BCUT2D eigenvalue weighted by molar-refractivity contribution is 7.07. The maximum absolute atomic E-state index is 9.50. The van der Waals surface area contributed by atoms with Crippen molar-refractivity contribution in [2.45, 2.75) is 6.61 Å². The highest BCUT2D eigenvalue weighted by Gasteiger charge is 2.06. The summed E-state index contributed by atoms with van der Waals surface area (Å²) in [4.78, 5) is 5.51. The Morgan fingerprint density at radius 2 is 1.60 bits per heavy atom. The normalized spacial score (nSPS) is 11.8. The number of benzene rings is 2. The molecule has 0 bridgehead atoms. The highest BCUT2D eigenvalue weighted by atomic mass is 32.1. The van der Waals surface area contributed by atoms with Crippen molar-refractivity contribution < 1.29 is 5.11 Å². The Hall–Kier alpha value is -2.17. The summed E-state index contributed by atoms with van der Waals surface area (Å²) in [6.45, 7) is -0.00426. The summed E-state index contributed by atoms with van der Waals surface area (Å²) in [5.41, 5.74) is 2.76. The van der Waals surface area contributed by atoms with Gasteiger partial charge in [0, 0.05) is 11.1 Å². The first kappa shape index (κ1) is 12.8. The third-order valence-corrected chi connectivity index (χ3v) is 3.81. The van der Waals surface area contributed by atoms with Crippen molar-refractivity contribution in [3.8, 4) is 5.69 Å². The fraction of sp³-hybridized carbons (Fsp3) is 0.0625. The Morgan fingerprint density at radius 3 is 2.25 bits per heavy atom. The lowest BCUT2D eigenvalue weighted by atomic mass is 10.3. The van der Waals surface area contributed by atoms with E-state index >= 15 is 0 Å². The van der Waals surface area contributed by atoms with E-state index in [2.05, 4.69) is 4.99 Å². The van der Waals surface area contributed by atoms with Gasteiger partial charge in [-0.3, -0.25) is 4.57 Å². The van der Waals surface area contributed by atoms with E-state index in [1.807, 2.05) is 70.6 Å². The van der Waals surface area contributed by atoms with Crippen LogP contribution in [0.4, 0.5) is 5.69 Å². The van der Waals surface area contributed by atoms with E-state index in [-0.39, 0.29) is 6.61 Å². The number of aliphatic hydroxyl groups excluding tert-OH is 1. The molecule has 0 saturated heterocycles. The van der Waals surface area contributed by atoms with Gasteiger partial charge in [0.25, 0.3) is 0 Å². The third kappa shape index (κ3) is 2.57. The largest absolute Gasteiger partial charge is 0.390 e. The molecule has 100 valence electrons. The number of nitrogens with zero attached hydrogens (tertiary/aromatic N) is 2. The number of hydrogen-bond acceptors (Lipinski definition) is 3. The fourth-order valence-electron chi connectivity index (χ4n) is 2.00. The van der Waals surface area contributed by atoms with E-state index in [0.29, 0.717) is 0 Å². The molecule has 1 heterocycles. The second-order valence-electron chi connectivity index (χ2n) is 4.29. The van der Waals surface area contributed by atoms with Crippen LogP contribution in [-0.4, -0.2) is 9.67 Å². The molecule has 2 aromatic carbocycles. The molecule has 20 heavy (non-hydrogen) atoms. The minimum absolute atomic E-state index is 0.00426. The number of rotatable bonds is 3. The van der Waals surface area contributed by atoms with Crippen LogP contribution in [0.2, 0.25) is 0 Å². The van der Waals surface area contributed by atoms with Gasteiger partial charge in [-0.1, -0.05) is 36.4 Å². The lowest BCUT2D eigenvalue weighted by Gasteiger charge is -2.06. The number of aliphatic hydroxyl groups is 1. The van der Waals surface area contributed by atoms with E-state index in [1.54, 1.807) is 0 Å². The van der Waals surface area contributed by atoms with Crippen LogP contribution in [0.25, 0.3) is 5.69 Å². The zero-order valence-electron chi connectivity index (χ0n) is 10.8. The molecule has 0 fully saturated rings. The molecular weight excluding hydrogens is 268 g/mol. The minimum atomic E-state index is -0.00426. The monoisotopic (exact) mass is 282 g/mol. The van der Waals surface area contributed by atoms with Crippen LogP contribution < -0.4 is 4.80 Å². The Bertz CT molecular complexity index is 745. The van der Waals surface area contributed by atoms with E-state index in [9.17, 15) is 5.11 Å². The molecule has 0 aliphatic carbocycles. The van der Waals surface area contributed by atoms with E-state index < -0.39 is 0 Å². The molecule has 1 N–H and O–H groups in total. The standard InChI is InChI=1S/C16H14N2OS/c19-11-15-12-20-16(17-13-7-3-1-4-8-13)18(15)14-9-5-2-6-10-14/h1-10,12,19H,11H2. The van der Waals surface area contributed by atoms with Crippen LogP contribution >= 0.6 is 11.3 Å². The SMILES string of the molecule is OCc1csc(=Nc2ccccc2)n1-c1ccccc1. The third-order valence-electron chi connectivity index (χ3n) is 2.94. The van der Waals surface area contributed by atoms with Gasteiger partial charge in [0.2, 0.25) is 0 Å². The smallest absolute Gasteiger partial charge is 0.194 e. The average molecular weight is 282 g/mol. The average Bonchev–Trinajstić information content (AvgIpc) is 2.92. The van der Waals surface area contributed by atoms with Gasteiger partial charge in [-0.2, -0.15) is 0 Å². The van der Waals surface area contributed by atoms with Gasteiger partial charge in [0.15, 0.2) is 4.80 Å². The number of hydrogen-bond donors (Lipinski definition) is 1. The quantitative estimate of drug-likeness (QED) is 0.786. The van der Waals surface area contributed by atoms with Crippen LogP contribution in [-0.2, 0) is 6.61 Å². The van der Waals surface area contributed by atoms with Gasteiger partial charge >= 0.3 is 0 Å². The van der Waals surface area contributed by atoms with E-state index in [0.717, 1.165) is 21.9 Å². The molecule has 3 nitrogen and oxygen atoms in total. The Kier molecular flexibility index (Phi) is 3.76. The van der Waals surface area contributed by atoms with E-state index in [1.165, 1.54) is 11.3 Å². The Morgan fingerprint density at radius 1 is 0.950 bits per heavy atom. The second-order valence-corrected chi connectivity index (χ2v) is 5.12. The summed E-state index contributed by atoms with van der Waals surface area (Å²) < 4.78 is 1.98. The summed E-state index contributed by atoms with van der Waals surface area (Å²) in [6, 6.07) is 19.8. The Balaban J connectivity index is 2.18. The van der Waals surface area contributed by atoms with Crippen molar-refractivity contribution >= 4 is 17.0 Å². The first-order chi connectivity index (χ1) is 9.88. The molecule has 3 rings (SSSR count). The predicted molar refractivity (Wildman–Crippen MR) is 81.2 cm³/mol. The molecule has 3 aromatic rings. The molecule has 0 spiro atoms. The van der Waals surface area contributed by atoms with Crippen molar-refractivity contribution in [3.05, 3.63) is 76.5 Å². The van der Waals surface area contributed by atoms with Gasteiger partial charge in [0.1, 0.15) is 0 Å². The lowest BCUT2D eigenvalue weighted by Crippen LogP contribution is -2.15. The molecule has 1 aromatic heterocycles. The molecular formula is C16H14N2OS. The van der Waals surface area contributed by atoms with E-state index in [4.69, 9.17) is 0 Å². The maximum Gasteiger partial charge on any atom is 0.194 e. The van der Waals surface area contributed by atoms with Crippen molar-refractivity contribution in [3.63, 3.8) is 0 Å². The van der Waals surface area contributed by atoms with Gasteiger partial charge in [-0.05, 0) is 24.3 Å². The fourth-order valence-corrected chi connectivity index (χ4v) is 2.91. The molecule has 0 radical (unpaired) electrons. The first-order valence-corrected chi connectivity index (χ1v) is 7.22. The molecule has 0 aliphatic rings. The first-order valence-electron chi connectivity index (χ1n) is 6.34.